The summed E-state index contributed by atoms with van der Waals surface area (Å²) in [6.45, 7) is 8.30. The lowest BCUT2D eigenvalue weighted by Crippen LogP contribution is -2.33. The number of anilines is 1. The van der Waals surface area contributed by atoms with Crippen molar-refractivity contribution < 1.29 is 4.39 Å². The lowest BCUT2D eigenvalue weighted by atomic mass is 10.1. The lowest BCUT2D eigenvalue weighted by Gasteiger charge is -2.31. The van der Waals surface area contributed by atoms with Crippen molar-refractivity contribution in [3.05, 3.63) is 29.6 Å². The summed E-state index contributed by atoms with van der Waals surface area (Å²) in [4.78, 5) is 2.36. The Hall–Kier alpha value is -1.09. The third-order valence-electron chi connectivity index (χ3n) is 3.97. The maximum atomic E-state index is 13.5. The van der Waals surface area contributed by atoms with Crippen LogP contribution in [0.25, 0.3) is 0 Å². The first kappa shape index (κ1) is 14.3. The van der Waals surface area contributed by atoms with Crippen molar-refractivity contribution in [2.45, 2.75) is 58.7 Å². The van der Waals surface area contributed by atoms with E-state index < -0.39 is 0 Å². The molecule has 1 saturated carbocycles. The SMILES string of the molecule is CCC(C)N(CC)c1ccc(F)cc1CNC1CC1. The second-order valence-electron chi connectivity index (χ2n) is 5.47. The van der Waals surface area contributed by atoms with Crippen molar-refractivity contribution in [2.24, 2.45) is 0 Å². The van der Waals surface area contributed by atoms with E-state index in [0.29, 0.717) is 12.1 Å². The fraction of sp³-hybridized carbons (Fsp3) is 0.625. The number of nitrogens with one attached hydrogen (secondary N) is 1. The van der Waals surface area contributed by atoms with Crippen LogP contribution in [0.4, 0.5) is 10.1 Å². The molecule has 0 amide bonds. The van der Waals surface area contributed by atoms with E-state index in [-0.39, 0.29) is 5.82 Å². The van der Waals surface area contributed by atoms with Gasteiger partial charge in [0.1, 0.15) is 5.82 Å². The Morgan fingerprint density at radius 3 is 2.68 bits per heavy atom. The minimum Gasteiger partial charge on any atom is -0.369 e. The Morgan fingerprint density at radius 1 is 1.37 bits per heavy atom. The molecule has 1 aromatic carbocycles. The lowest BCUT2D eigenvalue weighted by molar-refractivity contribution is 0.605. The van der Waals surface area contributed by atoms with Crippen molar-refractivity contribution in [1.82, 2.24) is 5.32 Å². The normalized spacial score (nSPS) is 16.4. The van der Waals surface area contributed by atoms with Crippen LogP contribution in [0.3, 0.4) is 0 Å². The van der Waals surface area contributed by atoms with E-state index in [2.05, 4.69) is 31.0 Å². The van der Waals surface area contributed by atoms with Gasteiger partial charge in [-0.05, 0) is 56.9 Å². The van der Waals surface area contributed by atoms with E-state index in [4.69, 9.17) is 0 Å². The molecular formula is C16H25FN2. The van der Waals surface area contributed by atoms with Crippen molar-refractivity contribution >= 4 is 5.69 Å². The molecule has 1 fully saturated rings. The van der Waals surface area contributed by atoms with Crippen LogP contribution in [-0.2, 0) is 6.54 Å². The van der Waals surface area contributed by atoms with Gasteiger partial charge in [-0.3, -0.25) is 0 Å². The number of benzene rings is 1. The average molecular weight is 264 g/mol. The molecule has 1 atom stereocenters. The highest BCUT2D eigenvalue weighted by molar-refractivity contribution is 5.54. The predicted octanol–water partition coefficient (Wildman–Crippen LogP) is 3.70. The van der Waals surface area contributed by atoms with E-state index in [1.54, 1.807) is 12.1 Å². The molecule has 0 spiro atoms. The molecule has 0 saturated heterocycles. The van der Waals surface area contributed by atoms with E-state index >= 15 is 0 Å². The topological polar surface area (TPSA) is 15.3 Å². The van der Waals surface area contributed by atoms with Gasteiger partial charge in [-0.2, -0.15) is 0 Å². The third kappa shape index (κ3) is 3.69. The van der Waals surface area contributed by atoms with Gasteiger partial charge in [0.25, 0.3) is 0 Å². The van der Waals surface area contributed by atoms with Gasteiger partial charge in [-0.1, -0.05) is 6.92 Å². The molecule has 0 radical (unpaired) electrons. The number of hydrogen-bond donors (Lipinski definition) is 1. The summed E-state index contributed by atoms with van der Waals surface area (Å²) in [6, 6.07) is 6.30. The molecule has 1 aliphatic carbocycles. The number of nitrogens with zero attached hydrogens (tertiary/aromatic N) is 1. The van der Waals surface area contributed by atoms with Gasteiger partial charge < -0.3 is 10.2 Å². The molecule has 1 aliphatic rings. The summed E-state index contributed by atoms with van der Waals surface area (Å²) >= 11 is 0. The standard InChI is InChI=1S/C16H25FN2/c1-4-12(3)19(5-2)16-9-6-14(17)10-13(16)11-18-15-7-8-15/h6,9-10,12,15,18H,4-5,7-8,11H2,1-3H3. The van der Waals surface area contributed by atoms with E-state index in [0.717, 1.165) is 25.1 Å². The van der Waals surface area contributed by atoms with Gasteiger partial charge >= 0.3 is 0 Å². The van der Waals surface area contributed by atoms with E-state index in [9.17, 15) is 4.39 Å². The highest BCUT2D eigenvalue weighted by Crippen LogP contribution is 2.26. The average Bonchev–Trinajstić information content (AvgIpc) is 3.23. The zero-order valence-electron chi connectivity index (χ0n) is 12.2. The molecule has 19 heavy (non-hydrogen) atoms. The summed E-state index contributed by atoms with van der Waals surface area (Å²) in [5, 5.41) is 3.48. The van der Waals surface area contributed by atoms with Gasteiger partial charge in [0, 0.05) is 30.9 Å². The molecule has 1 N–H and O–H groups in total. The minimum atomic E-state index is -0.142. The summed E-state index contributed by atoms with van der Waals surface area (Å²) in [6.07, 6.45) is 3.61. The van der Waals surface area contributed by atoms with Crippen molar-refractivity contribution in [1.29, 1.82) is 0 Å². The van der Waals surface area contributed by atoms with Crippen molar-refractivity contribution in [2.75, 3.05) is 11.4 Å². The van der Waals surface area contributed by atoms with Crippen LogP contribution >= 0.6 is 0 Å². The van der Waals surface area contributed by atoms with Crippen LogP contribution in [-0.4, -0.2) is 18.6 Å². The van der Waals surface area contributed by atoms with E-state index in [1.165, 1.54) is 18.5 Å². The largest absolute Gasteiger partial charge is 0.369 e. The molecule has 106 valence electrons. The summed E-state index contributed by atoms with van der Waals surface area (Å²) in [5.41, 5.74) is 2.25. The molecule has 0 aromatic heterocycles. The van der Waals surface area contributed by atoms with Crippen LogP contribution in [0.5, 0.6) is 0 Å². The Kier molecular flexibility index (Phi) is 4.81. The minimum absolute atomic E-state index is 0.142. The van der Waals surface area contributed by atoms with Crippen LogP contribution in [0, 0.1) is 5.82 Å². The zero-order valence-corrected chi connectivity index (χ0v) is 12.2. The smallest absolute Gasteiger partial charge is 0.123 e. The monoisotopic (exact) mass is 264 g/mol. The van der Waals surface area contributed by atoms with Crippen LogP contribution in [0.2, 0.25) is 0 Å². The fourth-order valence-corrected chi connectivity index (χ4v) is 2.46. The van der Waals surface area contributed by atoms with Crippen LogP contribution in [0.1, 0.15) is 45.6 Å². The first-order valence-corrected chi connectivity index (χ1v) is 7.44. The molecule has 1 unspecified atom stereocenters. The van der Waals surface area contributed by atoms with Crippen molar-refractivity contribution in [3.8, 4) is 0 Å². The highest BCUT2D eigenvalue weighted by atomic mass is 19.1. The van der Waals surface area contributed by atoms with Gasteiger partial charge in [0.15, 0.2) is 0 Å². The Labute approximate surface area is 116 Å². The summed E-state index contributed by atoms with van der Waals surface area (Å²) in [5.74, 6) is -0.142. The maximum Gasteiger partial charge on any atom is 0.123 e. The molecule has 2 nitrogen and oxygen atoms in total. The first-order chi connectivity index (χ1) is 9.15. The van der Waals surface area contributed by atoms with E-state index in [1.807, 2.05) is 6.07 Å². The second-order valence-corrected chi connectivity index (χ2v) is 5.47. The summed E-state index contributed by atoms with van der Waals surface area (Å²) < 4.78 is 13.5. The summed E-state index contributed by atoms with van der Waals surface area (Å²) in [7, 11) is 0. The predicted molar refractivity (Wildman–Crippen MR) is 79.0 cm³/mol. The van der Waals surface area contributed by atoms with Crippen molar-refractivity contribution in [3.63, 3.8) is 0 Å². The van der Waals surface area contributed by atoms with Crippen LogP contribution in [0.15, 0.2) is 18.2 Å². The molecule has 0 heterocycles. The fourth-order valence-electron chi connectivity index (χ4n) is 2.46. The number of hydrogen-bond acceptors (Lipinski definition) is 2. The maximum absolute atomic E-state index is 13.5. The molecule has 1 aromatic rings. The first-order valence-electron chi connectivity index (χ1n) is 7.44. The Morgan fingerprint density at radius 2 is 2.11 bits per heavy atom. The molecule has 3 heteroatoms. The second kappa shape index (κ2) is 6.38. The Bertz CT molecular complexity index is 415. The number of halogens is 1. The highest BCUT2D eigenvalue weighted by Gasteiger charge is 2.21. The van der Waals surface area contributed by atoms with Gasteiger partial charge in [-0.15, -0.1) is 0 Å². The Balaban J connectivity index is 2.20. The zero-order chi connectivity index (χ0) is 13.8. The van der Waals surface area contributed by atoms with Gasteiger partial charge in [-0.25, -0.2) is 4.39 Å². The molecule has 2 rings (SSSR count). The van der Waals surface area contributed by atoms with Gasteiger partial charge in [0.2, 0.25) is 0 Å². The molecule has 0 bridgehead atoms. The third-order valence-corrected chi connectivity index (χ3v) is 3.97. The van der Waals surface area contributed by atoms with Crippen LogP contribution < -0.4 is 10.2 Å². The quantitative estimate of drug-likeness (QED) is 0.807. The molecule has 0 aliphatic heterocycles. The number of rotatable bonds is 7. The van der Waals surface area contributed by atoms with Gasteiger partial charge in [0.05, 0.1) is 0 Å². The molecular weight excluding hydrogens is 239 g/mol.